The van der Waals surface area contributed by atoms with Crippen LogP contribution in [-0.2, 0) is 5.41 Å². The summed E-state index contributed by atoms with van der Waals surface area (Å²) in [5.74, 6) is -0.234. The maximum atomic E-state index is 12.4. The van der Waals surface area contributed by atoms with Gasteiger partial charge in [-0.25, -0.2) is 0 Å². The van der Waals surface area contributed by atoms with Crippen LogP contribution in [0.5, 0.6) is 0 Å². The van der Waals surface area contributed by atoms with E-state index in [2.05, 4.69) is 54.3 Å². The van der Waals surface area contributed by atoms with E-state index in [9.17, 15) is 4.79 Å². The Hall–Kier alpha value is -1.72. The molecule has 5 heteroatoms. The van der Waals surface area contributed by atoms with Gasteiger partial charge in [0.2, 0.25) is 0 Å². The second-order valence-corrected chi connectivity index (χ2v) is 8.41. The summed E-state index contributed by atoms with van der Waals surface area (Å²) in [6.45, 7) is 10.5. The number of anilines is 1. The van der Waals surface area contributed by atoms with Crippen LogP contribution in [0, 0.1) is 13.8 Å². The van der Waals surface area contributed by atoms with Gasteiger partial charge >= 0.3 is 0 Å². The number of aryl methyl sites for hydroxylation is 2. The fourth-order valence-electron chi connectivity index (χ4n) is 2.42. The first kappa shape index (κ1) is 19.6. The number of nitrogens with one attached hydrogen (secondary N) is 2. The average molecular weight is 419 g/mol. The van der Waals surface area contributed by atoms with E-state index in [4.69, 9.17) is 12.2 Å². The normalized spacial score (nSPS) is 11.1. The van der Waals surface area contributed by atoms with Crippen molar-refractivity contribution in [2.45, 2.75) is 40.0 Å². The molecule has 25 heavy (non-hydrogen) atoms. The Labute approximate surface area is 163 Å². The number of hydrogen-bond donors (Lipinski definition) is 2. The molecule has 2 aromatic rings. The van der Waals surface area contributed by atoms with Gasteiger partial charge in [0.25, 0.3) is 5.91 Å². The van der Waals surface area contributed by atoms with Crippen LogP contribution in [0.4, 0.5) is 5.69 Å². The molecular weight excluding hydrogens is 396 g/mol. The Balaban J connectivity index is 2.07. The lowest BCUT2D eigenvalue weighted by Crippen LogP contribution is -2.34. The molecule has 0 heterocycles. The van der Waals surface area contributed by atoms with E-state index in [1.54, 1.807) is 0 Å². The van der Waals surface area contributed by atoms with Gasteiger partial charge in [0.15, 0.2) is 5.11 Å². The lowest BCUT2D eigenvalue weighted by Gasteiger charge is -2.21. The third-order valence-electron chi connectivity index (χ3n) is 4.03. The zero-order valence-electron chi connectivity index (χ0n) is 15.2. The second-order valence-electron chi connectivity index (χ2n) is 7.15. The molecule has 0 radical (unpaired) electrons. The van der Waals surface area contributed by atoms with Gasteiger partial charge in [-0.05, 0) is 72.4 Å². The quantitative estimate of drug-likeness (QED) is 0.633. The number of thiocarbonyl (C=S) groups is 1. The van der Waals surface area contributed by atoms with Gasteiger partial charge in [0.1, 0.15) is 0 Å². The SMILES string of the molecule is Cc1ccc(NC(=S)NC(=O)c2ccc(C(C)(C)C)c(Br)c2)cc1C. The summed E-state index contributed by atoms with van der Waals surface area (Å²) in [5, 5.41) is 6.06. The van der Waals surface area contributed by atoms with Crippen LogP contribution in [0.2, 0.25) is 0 Å². The van der Waals surface area contributed by atoms with Crippen LogP contribution in [0.1, 0.15) is 47.8 Å². The third kappa shape index (κ3) is 5.13. The molecule has 0 spiro atoms. The maximum absolute atomic E-state index is 12.4. The van der Waals surface area contributed by atoms with E-state index in [0.717, 1.165) is 15.7 Å². The topological polar surface area (TPSA) is 41.1 Å². The maximum Gasteiger partial charge on any atom is 0.257 e. The van der Waals surface area contributed by atoms with Crippen molar-refractivity contribution in [3.8, 4) is 0 Å². The molecule has 132 valence electrons. The molecule has 2 N–H and O–H groups in total. The van der Waals surface area contributed by atoms with Gasteiger partial charge < -0.3 is 5.32 Å². The van der Waals surface area contributed by atoms with E-state index >= 15 is 0 Å². The summed E-state index contributed by atoms with van der Waals surface area (Å²) >= 11 is 8.81. The minimum Gasteiger partial charge on any atom is -0.332 e. The Kier molecular flexibility index (Phi) is 6.01. The van der Waals surface area contributed by atoms with Crippen LogP contribution >= 0.6 is 28.1 Å². The number of halogens is 1. The summed E-state index contributed by atoms with van der Waals surface area (Å²) < 4.78 is 0.917. The van der Waals surface area contributed by atoms with Crippen molar-refractivity contribution in [3.05, 3.63) is 63.1 Å². The molecule has 0 saturated carbocycles. The van der Waals surface area contributed by atoms with E-state index in [1.807, 2.05) is 43.3 Å². The molecule has 0 aliphatic heterocycles. The van der Waals surface area contributed by atoms with Crippen molar-refractivity contribution in [1.29, 1.82) is 0 Å². The Morgan fingerprint density at radius 1 is 1.04 bits per heavy atom. The van der Waals surface area contributed by atoms with Crippen LogP contribution < -0.4 is 10.6 Å². The highest BCUT2D eigenvalue weighted by Crippen LogP contribution is 2.30. The highest BCUT2D eigenvalue weighted by Gasteiger charge is 2.18. The lowest BCUT2D eigenvalue weighted by molar-refractivity contribution is 0.0977. The number of carbonyl (C=O) groups excluding carboxylic acids is 1. The molecule has 2 rings (SSSR count). The first-order valence-corrected chi connectivity index (χ1v) is 9.27. The van der Waals surface area contributed by atoms with Crippen LogP contribution in [0.25, 0.3) is 0 Å². The van der Waals surface area contributed by atoms with Crippen molar-refractivity contribution < 1.29 is 4.79 Å². The highest BCUT2D eigenvalue weighted by atomic mass is 79.9. The molecule has 0 aliphatic rings. The van der Waals surface area contributed by atoms with E-state index < -0.39 is 0 Å². The van der Waals surface area contributed by atoms with Gasteiger partial charge in [-0.2, -0.15) is 0 Å². The molecule has 3 nitrogen and oxygen atoms in total. The monoisotopic (exact) mass is 418 g/mol. The zero-order chi connectivity index (χ0) is 18.8. The number of carbonyl (C=O) groups is 1. The standard InChI is InChI=1S/C20H23BrN2OS/c1-12-6-8-15(10-13(12)2)22-19(25)23-18(24)14-7-9-16(17(21)11-14)20(3,4)5/h6-11H,1-5H3,(H2,22,23,24,25). The van der Waals surface area contributed by atoms with E-state index in [1.165, 1.54) is 11.1 Å². The molecule has 1 amide bonds. The lowest BCUT2D eigenvalue weighted by atomic mass is 9.86. The molecule has 0 unspecified atom stereocenters. The van der Waals surface area contributed by atoms with Crippen molar-refractivity contribution in [2.75, 3.05) is 5.32 Å². The van der Waals surface area contributed by atoms with E-state index in [-0.39, 0.29) is 16.4 Å². The zero-order valence-corrected chi connectivity index (χ0v) is 17.6. The van der Waals surface area contributed by atoms with Crippen LogP contribution in [0.15, 0.2) is 40.9 Å². The van der Waals surface area contributed by atoms with Crippen molar-refractivity contribution >= 4 is 44.9 Å². The second kappa shape index (κ2) is 7.67. The summed E-state index contributed by atoms with van der Waals surface area (Å²) in [6, 6.07) is 11.6. The van der Waals surface area contributed by atoms with Crippen molar-refractivity contribution in [1.82, 2.24) is 5.32 Å². The van der Waals surface area contributed by atoms with Gasteiger partial charge in [0.05, 0.1) is 0 Å². The van der Waals surface area contributed by atoms with Crippen LogP contribution in [0.3, 0.4) is 0 Å². The number of benzene rings is 2. The molecule has 2 aromatic carbocycles. The minimum atomic E-state index is -0.234. The minimum absolute atomic E-state index is 0.00793. The third-order valence-corrected chi connectivity index (χ3v) is 4.89. The highest BCUT2D eigenvalue weighted by molar-refractivity contribution is 9.10. The Morgan fingerprint density at radius 3 is 2.28 bits per heavy atom. The molecule has 0 fully saturated rings. The van der Waals surface area contributed by atoms with Crippen molar-refractivity contribution in [3.63, 3.8) is 0 Å². The number of amides is 1. The predicted molar refractivity (Wildman–Crippen MR) is 112 cm³/mol. The molecule has 0 aromatic heterocycles. The largest absolute Gasteiger partial charge is 0.332 e. The summed E-state index contributed by atoms with van der Waals surface area (Å²) in [5.41, 5.74) is 4.96. The molecule has 0 bridgehead atoms. The first-order chi connectivity index (χ1) is 11.6. The summed E-state index contributed by atoms with van der Waals surface area (Å²) in [7, 11) is 0. The molecular formula is C20H23BrN2OS. The molecule has 0 aliphatic carbocycles. The van der Waals surface area contributed by atoms with E-state index in [0.29, 0.717) is 5.56 Å². The number of rotatable bonds is 2. The van der Waals surface area contributed by atoms with Gasteiger partial charge in [-0.1, -0.05) is 48.8 Å². The van der Waals surface area contributed by atoms with Crippen molar-refractivity contribution in [2.24, 2.45) is 0 Å². The van der Waals surface area contributed by atoms with Gasteiger partial charge in [-0.3, -0.25) is 10.1 Å². The summed E-state index contributed by atoms with van der Waals surface area (Å²) in [6.07, 6.45) is 0. The number of hydrogen-bond acceptors (Lipinski definition) is 2. The fourth-order valence-corrected chi connectivity index (χ4v) is 3.61. The summed E-state index contributed by atoms with van der Waals surface area (Å²) in [4.78, 5) is 12.4. The molecule has 0 atom stereocenters. The predicted octanol–water partition coefficient (Wildman–Crippen LogP) is 5.49. The molecule has 0 saturated heterocycles. The Morgan fingerprint density at radius 2 is 1.72 bits per heavy atom. The van der Waals surface area contributed by atoms with Crippen LogP contribution in [-0.4, -0.2) is 11.0 Å². The fraction of sp³-hybridized carbons (Fsp3) is 0.300. The Bertz CT molecular complexity index is 825. The first-order valence-electron chi connectivity index (χ1n) is 8.07. The van der Waals surface area contributed by atoms with Gasteiger partial charge in [0, 0.05) is 15.7 Å². The smallest absolute Gasteiger partial charge is 0.257 e. The average Bonchev–Trinajstić information content (AvgIpc) is 2.49. The van der Waals surface area contributed by atoms with Gasteiger partial charge in [-0.15, -0.1) is 0 Å².